The Morgan fingerprint density at radius 2 is 2.07 bits per heavy atom. The van der Waals surface area contributed by atoms with Gasteiger partial charge in [0.15, 0.2) is 6.10 Å². The maximum absolute atomic E-state index is 12.8. The third-order valence-electron chi connectivity index (χ3n) is 4.73. The van der Waals surface area contributed by atoms with Crippen LogP contribution in [0.5, 0.6) is 5.75 Å². The van der Waals surface area contributed by atoms with Gasteiger partial charge in [0.1, 0.15) is 5.75 Å². The summed E-state index contributed by atoms with van der Waals surface area (Å²) in [7, 11) is 0. The number of hydrogen-bond donors (Lipinski definition) is 2. The van der Waals surface area contributed by atoms with Crippen LogP contribution in [0.15, 0.2) is 24.3 Å². The third kappa shape index (κ3) is 6.70. The first-order valence-corrected chi connectivity index (χ1v) is 9.45. The van der Waals surface area contributed by atoms with E-state index < -0.39 is 6.10 Å². The van der Waals surface area contributed by atoms with E-state index in [1.807, 2.05) is 18.2 Å². The number of benzene rings is 1. The van der Waals surface area contributed by atoms with Gasteiger partial charge in [0.25, 0.3) is 5.91 Å². The summed E-state index contributed by atoms with van der Waals surface area (Å²) in [5.74, 6) is 0.837. The number of nitrogens with zero attached hydrogens (tertiary/aromatic N) is 1. The Labute approximate surface area is 168 Å². The van der Waals surface area contributed by atoms with Gasteiger partial charge < -0.3 is 20.7 Å². The number of nitrogens with two attached hydrogens (primary N) is 1. The van der Waals surface area contributed by atoms with Crippen LogP contribution in [-0.2, 0) is 9.59 Å². The van der Waals surface area contributed by atoms with Gasteiger partial charge in [0.2, 0.25) is 5.91 Å². The van der Waals surface area contributed by atoms with E-state index in [0.29, 0.717) is 37.8 Å². The third-order valence-corrected chi connectivity index (χ3v) is 4.73. The van der Waals surface area contributed by atoms with Crippen molar-refractivity contribution in [3.63, 3.8) is 0 Å². The van der Waals surface area contributed by atoms with E-state index in [9.17, 15) is 9.59 Å². The molecule has 152 valence electrons. The Balaban J connectivity index is 0.00000364. The molecule has 0 radical (unpaired) electrons. The molecule has 2 atom stereocenters. The molecule has 0 spiro atoms. The second-order valence-electron chi connectivity index (χ2n) is 7.19. The minimum absolute atomic E-state index is 0. The van der Waals surface area contributed by atoms with Gasteiger partial charge in [-0.1, -0.05) is 26.0 Å². The summed E-state index contributed by atoms with van der Waals surface area (Å²) >= 11 is 0. The van der Waals surface area contributed by atoms with Gasteiger partial charge in [-0.15, -0.1) is 12.4 Å². The van der Waals surface area contributed by atoms with E-state index in [1.165, 1.54) is 5.56 Å². The highest BCUT2D eigenvalue weighted by atomic mass is 35.5. The molecule has 0 aromatic heterocycles. The van der Waals surface area contributed by atoms with Crippen LogP contribution in [0.3, 0.4) is 0 Å². The molecular formula is C20H32ClN3O3. The average Bonchev–Trinajstić information content (AvgIpc) is 2.65. The number of nitrogens with one attached hydrogen (secondary N) is 1. The molecule has 7 heteroatoms. The zero-order valence-corrected chi connectivity index (χ0v) is 17.3. The first-order chi connectivity index (χ1) is 12.4. The highest BCUT2D eigenvalue weighted by Gasteiger charge is 2.31. The maximum atomic E-state index is 12.8. The number of ether oxygens (including phenoxy) is 1. The number of likely N-dealkylation sites (tertiary alicyclic amines) is 1. The SMILES string of the molecule is CC(Oc1cccc(C(C)C)c1)C(=O)N1CCCC(C(=O)NCCN)C1.Cl. The molecule has 2 unspecified atom stereocenters. The zero-order chi connectivity index (χ0) is 19.1. The Kier molecular flexibility index (Phi) is 9.60. The average molecular weight is 398 g/mol. The van der Waals surface area contributed by atoms with Gasteiger partial charge in [-0.05, 0) is 43.4 Å². The molecule has 27 heavy (non-hydrogen) atoms. The van der Waals surface area contributed by atoms with Gasteiger partial charge in [-0.2, -0.15) is 0 Å². The second-order valence-corrected chi connectivity index (χ2v) is 7.19. The van der Waals surface area contributed by atoms with Crippen LogP contribution in [0.1, 0.15) is 45.1 Å². The summed E-state index contributed by atoms with van der Waals surface area (Å²) in [5, 5.41) is 2.81. The van der Waals surface area contributed by atoms with Crippen LogP contribution >= 0.6 is 12.4 Å². The second kappa shape index (κ2) is 11.1. The standard InChI is InChI=1S/C20H31N3O3.ClH/c1-14(2)16-6-4-8-18(12-16)26-15(3)20(25)23-11-5-7-17(13-23)19(24)22-10-9-21;/h4,6,8,12,14-15,17H,5,7,9-11,13,21H2,1-3H3,(H,22,24);1H. The van der Waals surface area contributed by atoms with Gasteiger partial charge in [0, 0.05) is 26.2 Å². The fourth-order valence-corrected chi connectivity index (χ4v) is 3.19. The molecule has 2 rings (SSSR count). The normalized spacial score (nSPS) is 17.8. The van der Waals surface area contributed by atoms with Gasteiger partial charge in [0.05, 0.1) is 5.92 Å². The number of amides is 2. The minimum atomic E-state index is -0.580. The first kappa shape index (κ1) is 23.2. The van der Waals surface area contributed by atoms with Gasteiger partial charge >= 0.3 is 0 Å². The van der Waals surface area contributed by atoms with E-state index in [1.54, 1.807) is 11.8 Å². The van der Waals surface area contributed by atoms with Crippen molar-refractivity contribution in [1.82, 2.24) is 10.2 Å². The molecule has 6 nitrogen and oxygen atoms in total. The Morgan fingerprint density at radius 3 is 2.74 bits per heavy atom. The molecule has 1 aromatic rings. The highest BCUT2D eigenvalue weighted by Crippen LogP contribution is 2.22. The molecule has 1 aliphatic rings. The molecule has 3 N–H and O–H groups in total. The quantitative estimate of drug-likeness (QED) is 0.739. The fraction of sp³-hybridized carbons (Fsp3) is 0.600. The fourth-order valence-electron chi connectivity index (χ4n) is 3.19. The van der Waals surface area contributed by atoms with Crippen LogP contribution in [0.4, 0.5) is 0 Å². The van der Waals surface area contributed by atoms with E-state index in [2.05, 4.69) is 25.2 Å². The summed E-state index contributed by atoms with van der Waals surface area (Å²) in [6.07, 6.45) is 1.04. The molecule has 1 aromatic carbocycles. The van der Waals surface area contributed by atoms with E-state index in [-0.39, 0.29) is 30.1 Å². The van der Waals surface area contributed by atoms with Crippen molar-refractivity contribution in [2.45, 2.75) is 45.6 Å². The predicted molar refractivity (Wildman–Crippen MR) is 109 cm³/mol. The number of halogens is 1. The van der Waals surface area contributed by atoms with Crippen LogP contribution < -0.4 is 15.8 Å². The Hall–Kier alpha value is -1.79. The van der Waals surface area contributed by atoms with Crippen LogP contribution in [-0.4, -0.2) is 49.0 Å². The molecule has 2 amide bonds. The number of piperidine rings is 1. The lowest BCUT2D eigenvalue weighted by Crippen LogP contribution is -2.49. The molecule has 1 saturated heterocycles. The smallest absolute Gasteiger partial charge is 0.263 e. The molecule has 0 saturated carbocycles. The number of rotatable bonds is 7. The van der Waals surface area contributed by atoms with Crippen molar-refractivity contribution in [2.75, 3.05) is 26.2 Å². The highest BCUT2D eigenvalue weighted by molar-refractivity contribution is 5.85. The molecule has 0 bridgehead atoms. The van der Waals surface area contributed by atoms with E-state index >= 15 is 0 Å². The topological polar surface area (TPSA) is 84.7 Å². The van der Waals surface area contributed by atoms with Crippen molar-refractivity contribution < 1.29 is 14.3 Å². The lowest BCUT2D eigenvalue weighted by molar-refractivity contribution is -0.141. The summed E-state index contributed by atoms with van der Waals surface area (Å²) < 4.78 is 5.87. The van der Waals surface area contributed by atoms with Crippen molar-refractivity contribution in [1.29, 1.82) is 0 Å². The Bertz CT molecular complexity index is 624. The van der Waals surface area contributed by atoms with Crippen LogP contribution in [0, 0.1) is 5.92 Å². The van der Waals surface area contributed by atoms with E-state index in [0.717, 1.165) is 12.8 Å². The number of hydrogen-bond acceptors (Lipinski definition) is 4. The Morgan fingerprint density at radius 1 is 1.33 bits per heavy atom. The number of carbonyl (C=O) groups excluding carboxylic acids is 2. The molecule has 1 fully saturated rings. The molecular weight excluding hydrogens is 366 g/mol. The summed E-state index contributed by atoms with van der Waals surface area (Å²) in [4.78, 5) is 26.6. The summed E-state index contributed by atoms with van der Waals surface area (Å²) in [6, 6.07) is 7.85. The van der Waals surface area contributed by atoms with Crippen molar-refractivity contribution in [3.8, 4) is 5.75 Å². The van der Waals surface area contributed by atoms with Gasteiger partial charge in [-0.25, -0.2) is 0 Å². The number of carbonyl (C=O) groups is 2. The van der Waals surface area contributed by atoms with Crippen LogP contribution in [0.25, 0.3) is 0 Å². The molecule has 1 heterocycles. The molecule has 0 aliphatic carbocycles. The van der Waals surface area contributed by atoms with E-state index in [4.69, 9.17) is 10.5 Å². The largest absolute Gasteiger partial charge is 0.481 e. The maximum Gasteiger partial charge on any atom is 0.263 e. The van der Waals surface area contributed by atoms with Crippen LogP contribution in [0.2, 0.25) is 0 Å². The minimum Gasteiger partial charge on any atom is -0.481 e. The molecule has 1 aliphatic heterocycles. The lowest BCUT2D eigenvalue weighted by Gasteiger charge is -2.33. The lowest BCUT2D eigenvalue weighted by atomic mass is 9.96. The van der Waals surface area contributed by atoms with Crippen molar-refractivity contribution >= 4 is 24.2 Å². The van der Waals surface area contributed by atoms with Crippen molar-refractivity contribution in [2.24, 2.45) is 11.7 Å². The summed E-state index contributed by atoms with van der Waals surface area (Å²) in [5.41, 5.74) is 6.61. The van der Waals surface area contributed by atoms with Gasteiger partial charge in [-0.3, -0.25) is 9.59 Å². The monoisotopic (exact) mass is 397 g/mol. The zero-order valence-electron chi connectivity index (χ0n) is 16.4. The predicted octanol–water partition coefficient (Wildman–Crippen LogP) is 2.31. The summed E-state index contributed by atoms with van der Waals surface area (Å²) in [6.45, 7) is 8.00. The first-order valence-electron chi connectivity index (χ1n) is 9.45. The van der Waals surface area contributed by atoms with Crippen molar-refractivity contribution in [3.05, 3.63) is 29.8 Å².